The Morgan fingerprint density at radius 1 is 1.33 bits per heavy atom. The monoisotopic (exact) mass is 372 g/mol. The summed E-state index contributed by atoms with van der Waals surface area (Å²) in [5, 5.41) is 19.0. The largest absolute Gasteiger partial charge is 0.394 e. The molecule has 0 aliphatic carbocycles. The number of aliphatic hydroxyl groups excluding tert-OH is 1. The van der Waals surface area contributed by atoms with Crippen LogP contribution in [0.25, 0.3) is 11.0 Å². The Bertz CT molecular complexity index is 948. The van der Waals surface area contributed by atoms with Crippen LogP contribution in [0.2, 0.25) is 0 Å². The first kappa shape index (κ1) is 18.7. The van der Waals surface area contributed by atoms with E-state index in [2.05, 4.69) is 25.6 Å². The highest BCUT2D eigenvalue weighted by molar-refractivity contribution is 6.03. The van der Waals surface area contributed by atoms with Gasteiger partial charge in [-0.3, -0.25) is 14.9 Å². The Morgan fingerprint density at radius 2 is 2.19 bits per heavy atom. The second-order valence-electron chi connectivity index (χ2n) is 5.75. The number of fused-ring (bicyclic) bond motifs is 1. The number of amides is 1. The normalized spacial score (nSPS) is 11.0. The standard InChI is InChI=1S/C17H20N6O4/c1-2-15(25)11-3-4-12-13(9-11)19-17(18-12)20-16(26)14-10-23(22-21-14)5-7-27-8-6-24/h3-4,9-10,24H,2,5-8H2,1H3,(H2,18,19,20,26). The summed E-state index contributed by atoms with van der Waals surface area (Å²) in [5.74, 6) is -0.157. The molecule has 0 unspecified atom stereocenters. The van der Waals surface area contributed by atoms with Gasteiger partial charge in [-0.2, -0.15) is 0 Å². The number of anilines is 1. The fourth-order valence-corrected chi connectivity index (χ4v) is 2.45. The SMILES string of the molecule is CCC(=O)c1ccc2nc(NC(=O)c3cn(CCOCCO)nn3)[nH]c2c1. The van der Waals surface area contributed by atoms with Crippen molar-refractivity contribution in [2.24, 2.45) is 0 Å². The molecule has 0 saturated carbocycles. The highest BCUT2D eigenvalue weighted by atomic mass is 16.5. The Morgan fingerprint density at radius 3 is 2.96 bits per heavy atom. The van der Waals surface area contributed by atoms with Crippen molar-refractivity contribution in [3.8, 4) is 0 Å². The smallest absolute Gasteiger partial charge is 0.280 e. The van der Waals surface area contributed by atoms with Gasteiger partial charge in [0.05, 0.1) is 43.6 Å². The van der Waals surface area contributed by atoms with Crippen molar-refractivity contribution < 1.29 is 19.4 Å². The molecule has 0 bridgehead atoms. The van der Waals surface area contributed by atoms with Crippen LogP contribution in [0.3, 0.4) is 0 Å². The predicted octanol–water partition coefficient (Wildman–Crippen LogP) is 1.01. The first-order valence-electron chi connectivity index (χ1n) is 8.53. The Labute approximate surface area is 154 Å². The van der Waals surface area contributed by atoms with Crippen LogP contribution in [0.1, 0.15) is 34.2 Å². The average Bonchev–Trinajstić information content (AvgIpc) is 3.30. The first-order chi connectivity index (χ1) is 13.1. The summed E-state index contributed by atoms with van der Waals surface area (Å²) < 4.78 is 6.62. The predicted molar refractivity (Wildman–Crippen MR) is 96.6 cm³/mol. The van der Waals surface area contributed by atoms with E-state index in [0.717, 1.165) is 0 Å². The number of H-pyrrole nitrogens is 1. The van der Waals surface area contributed by atoms with Crippen molar-refractivity contribution in [3.63, 3.8) is 0 Å². The minimum atomic E-state index is -0.457. The quantitative estimate of drug-likeness (QED) is 0.377. The number of ketones is 1. The zero-order valence-corrected chi connectivity index (χ0v) is 14.8. The van der Waals surface area contributed by atoms with Crippen LogP contribution in [-0.2, 0) is 11.3 Å². The molecule has 27 heavy (non-hydrogen) atoms. The van der Waals surface area contributed by atoms with E-state index in [1.54, 1.807) is 25.1 Å². The van der Waals surface area contributed by atoms with Gasteiger partial charge in [-0.05, 0) is 18.2 Å². The molecule has 1 aromatic carbocycles. The van der Waals surface area contributed by atoms with Crippen LogP contribution in [0.4, 0.5) is 5.95 Å². The molecule has 2 heterocycles. The molecule has 3 rings (SSSR count). The molecule has 0 fully saturated rings. The van der Waals surface area contributed by atoms with Gasteiger partial charge in [0.2, 0.25) is 5.95 Å². The number of aromatic nitrogens is 5. The van der Waals surface area contributed by atoms with Gasteiger partial charge in [0.25, 0.3) is 5.91 Å². The van der Waals surface area contributed by atoms with Crippen LogP contribution < -0.4 is 5.32 Å². The summed E-state index contributed by atoms with van der Waals surface area (Å²) in [6, 6.07) is 5.16. The number of hydrogen-bond donors (Lipinski definition) is 3. The lowest BCUT2D eigenvalue weighted by Gasteiger charge is -2.01. The van der Waals surface area contributed by atoms with Crippen molar-refractivity contribution in [1.29, 1.82) is 0 Å². The van der Waals surface area contributed by atoms with Gasteiger partial charge >= 0.3 is 0 Å². The number of rotatable bonds is 9. The summed E-state index contributed by atoms with van der Waals surface area (Å²) in [4.78, 5) is 31.4. The molecular weight excluding hydrogens is 352 g/mol. The van der Waals surface area contributed by atoms with Gasteiger partial charge in [-0.25, -0.2) is 9.67 Å². The van der Waals surface area contributed by atoms with E-state index in [-0.39, 0.29) is 30.6 Å². The molecule has 0 radical (unpaired) electrons. The third-order valence-corrected chi connectivity index (χ3v) is 3.83. The zero-order valence-electron chi connectivity index (χ0n) is 14.8. The fourth-order valence-electron chi connectivity index (χ4n) is 2.45. The van der Waals surface area contributed by atoms with Gasteiger partial charge in [-0.15, -0.1) is 5.10 Å². The van der Waals surface area contributed by atoms with E-state index in [1.807, 2.05) is 0 Å². The fraction of sp³-hybridized carbons (Fsp3) is 0.353. The molecule has 3 N–H and O–H groups in total. The van der Waals surface area contributed by atoms with E-state index >= 15 is 0 Å². The average molecular weight is 372 g/mol. The topological polar surface area (TPSA) is 135 Å². The van der Waals surface area contributed by atoms with Crippen molar-refractivity contribution in [2.75, 3.05) is 25.1 Å². The second-order valence-corrected chi connectivity index (χ2v) is 5.75. The molecule has 142 valence electrons. The number of ether oxygens (including phenoxy) is 1. The number of hydrogen-bond acceptors (Lipinski definition) is 7. The van der Waals surface area contributed by atoms with Gasteiger partial charge in [0.15, 0.2) is 11.5 Å². The highest BCUT2D eigenvalue weighted by Crippen LogP contribution is 2.17. The van der Waals surface area contributed by atoms with Crippen molar-refractivity contribution in [3.05, 3.63) is 35.7 Å². The molecule has 0 saturated heterocycles. The van der Waals surface area contributed by atoms with E-state index in [0.29, 0.717) is 36.2 Å². The highest BCUT2D eigenvalue weighted by Gasteiger charge is 2.14. The van der Waals surface area contributed by atoms with Crippen LogP contribution in [0.5, 0.6) is 0 Å². The number of carbonyl (C=O) groups excluding carboxylic acids is 2. The van der Waals surface area contributed by atoms with Crippen LogP contribution >= 0.6 is 0 Å². The molecule has 3 aromatic rings. The number of aliphatic hydroxyl groups is 1. The maximum atomic E-state index is 12.3. The minimum Gasteiger partial charge on any atom is -0.394 e. The van der Waals surface area contributed by atoms with E-state index in [4.69, 9.17) is 9.84 Å². The number of Topliss-reactive ketones (excluding diaryl/α,β-unsaturated/α-hetero) is 1. The Kier molecular flexibility index (Phi) is 5.89. The summed E-state index contributed by atoms with van der Waals surface area (Å²) >= 11 is 0. The van der Waals surface area contributed by atoms with Crippen molar-refractivity contribution >= 4 is 28.7 Å². The number of nitrogens with zero attached hydrogens (tertiary/aromatic N) is 4. The van der Waals surface area contributed by atoms with Crippen LogP contribution in [0, 0.1) is 0 Å². The Hall–Kier alpha value is -3.11. The number of aromatic amines is 1. The van der Waals surface area contributed by atoms with E-state index in [9.17, 15) is 9.59 Å². The lowest BCUT2D eigenvalue weighted by molar-refractivity contribution is 0.0851. The third kappa shape index (κ3) is 4.54. The summed E-state index contributed by atoms with van der Waals surface area (Å²) in [5.41, 5.74) is 2.04. The van der Waals surface area contributed by atoms with Gasteiger partial charge in [0, 0.05) is 12.0 Å². The second kappa shape index (κ2) is 8.52. The van der Waals surface area contributed by atoms with Crippen LogP contribution in [-0.4, -0.2) is 61.6 Å². The molecule has 0 spiro atoms. The summed E-state index contributed by atoms with van der Waals surface area (Å²) in [7, 11) is 0. The van der Waals surface area contributed by atoms with E-state index < -0.39 is 5.91 Å². The van der Waals surface area contributed by atoms with Gasteiger partial charge in [-0.1, -0.05) is 12.1 Å². The zero-order chi connectivity index (χ0) is 19.2. The number of imidazole rings is 1. The molecule has 0 aliphatic heterocycles. The molecule has 10 heteroatoms. The molecule has 10 nitrogen and oxygen atoms in total. The first-order valence-corrected chi connectivity index (χ1v) is 8.53. The molecular formula is C17H20N6O4. The van der Waals surface area contributed by atoms with Gasteiger partial charge in [0.1, 0.15) is 0 Å². The lowest BCUT2D eigenvalue weighted by atomic mass is 10.1. The number of carbonyl (C=O) groups is 2. The van der Waals surface area contributed by atoms with E-state index in [1.165, 1.54) is 10.9 Å². The van der Waals surface area contributed by atoms with Crippen molar-refractivity contribution in [1.82, 2.24) is 25.0 Å². The molecule has 2 aromatic heterocycles. The lowest BCUT2D eigenvalue weighted by Crippen LogP contribution is -2.13. The maximum absolute atomic E-state index is 12.3. The summed E-state index contributed by atoms with van der Waals surface area (Å²) in [6.07, 6.45) is 1.92. The molecule has 0 atom stereocenters. The summed E-state index contributed by atoms with van der Waals surface area (Å²) in [6.45, 7) is 2.78. The number of nitrogens with one attached hydrogen (secondary N) is 2. The maximum Gasteiger partial charge on any atom is 0.280 e. The minimum absolute atomic E-state index is 0.0386. The molecule has 0 aliphatic rings. The van der Waals surface area contributed by atoms with Crippen molar-refractivity contribution in [2.45, 2.75) is 19.9 Å². The van der Waals surface area contributed by atoms with Crippen LogP contribution in [0.15, 0.2) is 24.4 Å². The van der Waals surface area contributed by atoms with Gasteiger partial charge < -0.3 is 14.8 Å². The molecule has 1 amide bonds. The number of benzene rings is 1. The third-order valence-electron chi connectivity index (χ3n) is 3.83. The Balaban J connectivity index is 1.65.